The van der Waals surface area contributed by atoms with Crippen molar-refractivity contribution >= 4 is 27.6 Å². The van der Waals surface area contributed by atoms with Crippen LogP contribution in [0.3, 0.4) is 0 Å². The van der Waals surface area contributed by atoms with E-state index in [-0.39, 0.29) is 29.8 Å². The third-order valence-electron chi connectivity index (χ3n) is 6.67. The molecule has 1 aliphatic carbocycles. The fraction of sp³-hybridized carbons (Fsp3) is 0.440. The highest BCUT2D eigenvalue weighted by Gasteiger charge is 2.43. The van der Waals surface area contributed by atoms with Crippen LogP contribution in [0, 0.1) is 5.92 Å². The Labute approximate surface area is 200 Å². The van der Waals surface area contributed by atoms with Gasteiger partial charge in [0.1, 0.15) is 11.8 Å². The minimum atomic E-state index is -4.09. The summed E-state index contributed by atoms with van der Waals surface area (Å²) < 4.78 is 38.8. The summed E-state index contributed by atoms with van der Waals surface area (Å²) in [6.45, 7) is -0.160. The molecule has 2 aliphatic rings. The van der Waals surface area contributed by atoms with E-state index in [1.807, 2.05) is 12.1 Å². The molecule has 4 rings (SSSR count). The predicted octanol–water partition coefficient (Wildman–Crippen LogP) is 3.35. The number of nitrogens with zero attached hydrogens (tertiary/aromatic N) is 2. The molecule has 0 N–H and O–H groups in total. The van der Waals surface area contributed by atoms with Crippen molar-refractivity contribution in [2.24, 2.45) is 5.92 Å². The Balaban J connectivity index is 1.77. The highest BCUT2D eigenvalue weighted by Crippen LogP contribution is 2.34. The van der Waals surface area contributed by atoms with E-state index in [2.05, 4.69) is 0 Å². The van der Waals surface area contributed by atoms with Gasteiger partial charge in [-0.3, -0.25) is 9.59 Å². The standard InChI is InChI=1S/C25H30N2O6S/c1-32-20-12-14-21(15-13-20)34(30,31)27-16-19-10-6-7-11-22(19)26(17-23(27)25(29)33-2)24(28)18-8-4-3-5-9-18/h6-7,10-15,18,23H,3-5,8-9,16-17H2,1-2H3. The van der Waals surface area contributed by atoms with Crippen molar-refractivity contribution in [1.29, 1.82) is 0 Å². The van der Waals surface area contributed by atoms with E-state index in [1.54, 1.807) is 29.2 Å². The molecule has 34 heavy (non-hydrogen) atoms. The molecule has 1 aliphatic heterocycles. The molecule has 1 atom stereocenters. The van der Waals surface area contributed by atoms with Crippen molar-refractivity contribution in [1.82, 2.24) is 4.31 Å². The number of ether oxygens (including phenoxy) is 2. The van der Waals surface area contributed by atoms with Gasteiger partial charge in [0.2, 0.25) is 15.9 Å². The molecule has 0 radical (unpaired) electrons. The number of fused-ring (bicyclic) bond motifs is 1. The van der Waals surface area contributed by atoms with Gasteiger partial charge in [-0.2, -0.15) is 4.31 Å². The first-order valence-electron chi connectivity index (χ1n) is 11.5. The van der Waals surface area contributed by atoms with E-state index in [4.69, 9.17) is 9.47 Å². The lowest BCUT2D eigenvalue weighted by Gasteiger charge is -2.32. The molecule has 8 nitrogen and oxygen atoms in total. The van der Waals surface area contributed by atoms with E-state index in [0.29, 0.717) is 17.0 Å². The fourth-order valence-electron chi connectivity index (χ4n) is 4.79. The van der Waals surface area contributed by atoms with Gasteiger partial charge in [0, 0.05) is 18.2 Å². The summed E-state index contributed by atoms with van der Waals surface area (Å²) in [4.78, 5) is 28.2. The molecule has 0 bridgehead atoms. The normalized spacial score (nSPS) is 19.7. The number of hydrogen-bond acceptors (Lipinski definition) is 6. The Bertz CT molecular complexity index is 1140. The molecule has 0 aromatic heterocycles. The Morgan fingerprint density at radius 2 is 1.62 bits per heavy atom. The SMILES string of the molecule is COC(=O)C1CN(C(=O)C2CCCCC2)c2ccccc2CN1S(=O)(=O)c1ccc(OC)cc1. The van der Waals surface area contributed by atoms with E-state index < -0.39 is 22.0 Å². The smallest absolute Gasteiger partial charge is 0.326 e. The zero-order valence-corrected chi connectivity index (χ0v) is 20.3. The van der Waals surface area contributed by atoms with Crippen LogP contribution in [0.25, 0.3) is 0 Å². The summed E-state index contributed by atoms with van der Waals surface area (Å²) in [6.07, 6.45) is 4.69. The second-order valence-electron chi connectivity index (χ2n) is 8.68. The van der Waals surface area contributed by atoms with E-state index >= 15 is 0 Å². The van der Waals surface area contributed by atoms with Crippen LogP contribution in [-0.4, -0.2) is 51.4 Å². The minimum absolute atomic E-state index is 0.0340. The number of carbonyl (C=O) groups is 2. The summed E-state index contributed by atoms with van der Waals surface area (Å²) in [5.41, 5.74) is 1.30. The van der Waals surface area contributed by atoms with E-state index in [9.17, 15) is 18.0 Å². The van der Waals surface area contributed by atoms with Gasteiger partial charge in [-0.25, -0.2) is 8.42 Å². The average Bonchev–Trinajstić information content (AvgIpc) is 3.06. The number of carbonyl (C=O) groups excluding carboxylic acids is 2. The molecule has 0 saturated heterocycles. The quantitative estimate of drug-likeness (QED) is 0.602. The van der Waals surface area contributed by atoms with Crippen LogP contribution in [0.2, 0.25) is 0 Å². The molecular weight excluding hydrogens is 456 g/mol. The lowest BCUT2D eigenvalue weighted by molar-refractivity contribution is -0.145. The molecule has 9 heteroatoms. The number of benzene rings is 2. The molecule has 2 aromatic carbocycles. The monoisotopic (exact) mass is 486 g/mol. The van der Waals surface area contributed by atoms with Crippen molar-refractivity contribution < 1.29 is 27.5 Å². The lowest BCUT2D eigenvalue weighted by Crippen LogP contribution is -2.51. The Morgan fingerprint density at radius 1 is 0.941 bits per heavy atom. The number of methoxy groups -OCH3 is 2. The van der Waals surface area contributed by atoms with Crippen molar-refractivity contribution in [2.45, 2.75) is 49.6 Å². The molecule has 1 amide bonds. The van der Waals surface area contributed by atoms with Crippen molar-refractivity contribution in [3.8, 4) is 5.75 Å². The van der Waals surface area contributed by atoms with Gasteiger partial charge in [0.25, 0.3) is 0 Å². The summed E-state index contributed by atoms with van der Waals surface area (Å²) in [7, 11) is -1.36. The van der Waals surface area contributed by atoms with Gasteiger partial charge >= 0.3 is 5.97 Å². The van der Waals surface area contributed by atoms with Crippen LogP contribution >= 0.6 is 0 Å². The fourth-order valence-corrected chi connectivity index (χ4v) is 6.34. The van der Waals surface area contributed by atoms with Gasteiger partial charge in [0.15, 0.2) is 0 Å². The molecule has 1 unspecified atom stereocenters. The summed E-state index contributed by atoms with van der Waals surface area (Å²) in [6, 6.07) is 12.1. The number of anilines is 1. The van der Waals surface area contributed by atoms with Crippen molar-refractivity contribution in [3.63, 3.8) is 0 Å². The van der Waals surface area contributed by atoms with Crippen LogP contribution in [0.15, 0.2) is 53.4 Å². The van der Waals surface area contributed by atoms with Crippen molar-refractivity contribution in [2.75, 3.05) is 25.7 Å². The molecule has 1 saturated carbocycles. The van der Waals surface area contributed by atoms with Gasteiger partial charge in [-0.1, -0.05) is 37.5 Å². The molecule has 182 valence electrons. The van der Waals surface area contributed by atoms with Crippen molar-refractivity contribution in [3.05, 3.63) is 54.1 Å². The van der Waals surface area contributed by atoms with Gasteiger partial charge in [-0.15, -0.1) is 0 Å². The molecule has 1 fully saturated rings. The Kier molecular flexibility index (Phi) is 7.23. The highest BCUT2D eigenvalue weighted by molar-refractivity contribution is 7.89. The largest absolute Gasteiger partial charge is 0.497 e. The van der Waals surface area contributed by atoms with Crippen LogP contribution < -0.4 is 9.64 Å². The first-order chi connectivity index (χ1) is 16.4. The zero-order chi connectivity index (χ0) is 24.3. The molecule has 1 heterocycles. The summed E-state index contributed by atoms with van der Waals surface area (Å²) in [5, 5.41) is 0. The predicted molar refractivity (Wildman–Crippen MR) is 127 cm³/mol. The number of sulfonamides is 1. The lowest BCUT2D eigenvalue weighted by atomic mass is 9.88. The third kappa shape index (κ3) is 4.67. The minimum Gasteiger partial charge on any atom is -0.497 e. The molecule has 2 aromatic rings. The number of rotatable bonds is 5. The molecular formula is C25H30N2O6S. The van der Waals surface area contributed by atoms with E-state index in [0.717, 1.165) is 36.4 Å². The molecule has 0 spiro atoms. The number of para-hydroxylation sites is 1. The second kappa shape index (κ2) is 10.1. The summed E-state index contributed by atoms with van der Waals surface area (Å²) >= 11 is 0. The van der Waals surface area contributed by atoms with Crippen LogP contribution in [0.1, 0.15) is 37.7 Å². The van der Waals surface area contributed by atoms with Gasteiger partial charge in [0.05, 0.1) is 25.7 Å². The maximum Gasteiger partial charge on any atom is 0.326 e. The first kappa shape index (κ1) is 24.2. The van der Waals surface area contributed by atoms with Gasteiger partial charge < -0.3 is 14.4 Å². The maximum atomic E-state index is 13.7. The first-order valence-corrected chi connectivity index (χ1v) is 12.9. The van der Waals surface area contributed by atoms with Gasteiger partial charge in [-0.05, 0) is 48.7 Å². The summed E-state index contributed by atoms with van der Waals surface area (Å²) in [5.74, 6) is -0.380. The maximum absolute atomic E-state index is 13.7. The number of hydrogen-bond donors (Lipinski definition) is 0. The van der Waals surface area contributed by atoms with Crippen LogP contribution in [-0.2, 0) is 30.9 Å². The van der Waals surface area contributed by atoms with E-state index in [1.165, 1.54) is 26.4 Å². The van der Waals surface area contributed by atoms with Crippen LogP contribution in [0.4, 0.5) is 5.69 Å². The highest BCUT2D eigenvalue weighted by atomic mass is 32.2. The Hall–Kier alpha value is -2.91. The Morgan fingerprint density at radius 3 is 2.26 bits per heavy atom. The van der Waals surface area contributed by atoms with Crippen LogP contribution in [0.5, 0.6) is 5.75 Å². The second-order valence-corrected chi connectivity index (χ2v) is 10.6. The topological polar surface area (TPSA) is 93.2 Å². The number of amides is 1. The average molecular weight is 487 g/mol. The zero-order valence-electron chi connectivity index (χ0n) is 19.5. The third-order valence-corrected chi connectivity index (χ3v) is 8.54. The number of esters is 1.